The van der Waals surface area contributed by atoms with Crippen LogP contribution in [0.3, 0.4) is 0 Å². The molecule has 0 aromatic heterocycles. The molecule has 1 aromatic carbocycles. The smallest absolute Gasteiger partial charge is 0.226 e. The third kappa shape index (κ3) is 7.14. The Morgan fingerprint density at radius 3 is 2.48 bits per heavy atom. The SMILES string of the molecule is CCCCN(CCCC)C(=O)C1CCC(CCc2ccccc2NC=O)N(C)C1. The molecule has 29 heavy (non-hydrogen) atoms. The van der Waals surface area contributed by atoms with Gasteiger partial charge in [0.05, 0.1) is 5.92 Å². The lowest BCUT2D eigenvalue weighted by molar-refractivity contribution is -0.138. The van der Waals surface area contributed by atoms with Crippen molar-refractivity contribution in [1.29, 1.82) is 0 Å². The Labute approximate surface area is 176 Å². The lowest BCUT2D eigenvalue weighted by Gasteiger charge is -2.38. The predicted molar refractivity (Wildman–Crippen MR) is 120 cm³/mol. The average Bonchev–Trinajstić information content (AvgIpc) is 2.73. The van der Waals surface area contributed by atoms with Crippen molar-refractivity contribution >= 4 is 18.0 Å². The number of amides is 2. The summed E-state index contributed by atoms with van der Waals surface area (Å²) in [5, 5.41) is 2.80. The lowest BCUT2D eigenvalue weighted by Crippen LogP contribution is -2.47. The van der Waals surface area contributed by atoms with Crippen LogP contribution >= 0.6 is 0 Å². The number of nitrogens with zero attached hydrogens (tertiary/aromatic N) is 2. The summed E-state index contributed by atoms with van der Waals surface area (Å²) in [5.74, 6) is 0.492. The Hall–Kier alpha value is -1.88. The van der Waals surface area contributed by atoms with Gasteiger partial charge in [-0.3, -0.25) is 9.59 Å². The normalized spacial score (nSPS) is 19.7. The number of anilines is 1. The van der Waals surface area contributed by atoms with Gasteiger partial charge in [-0.25, -0.2) is 0 Å². The summed E-state index contributed by atoms with van der Waals surface area (Å²) < 4.78 is 0. The molecule has 1 aliphatic rings. The summed E-state index contributed by atoms with van der Waals surface area (Å²) in [6.07, 6.45) is 9.21. The summed E-state index contributed by atoms with van der Waals surface area (Å²) in [6, 6.07) is 8.49. The minimum Gasteiger partial charge on any atom is -0.342 e. The van der Waals surface area contributed by atoms with Gasteiger partial charge in [0, 0.05) is 31.4 Å². The first-order valence-electron chi connectivity index (χ1n) is 11.4. The van der Waals surface area contributed by atoms with Crippen LogP contribution in [0, 0.1) is 5.92 Å². The zero-order chi connectivity index (χ0) is 21.1. The predicted octanol–water partition coefficient (Wildman–Crippen LogP) is 4.33. The van der Waals surface area contributed by atoms with Gasteiger partial charge >= 0.3 is 0 Å². The number of nitrogens with one attached hydrogen (secondary N) is 1. The summed E-state index contributed by atoms with van der Waals surface area (Å²) in [7, 11) is 2.15. The second-order valence-electron chi connectivity index (χ2n) is 8.36. The van der Waals surface area contributed by atoms with Crippen molar-refractivity contribution < 1.29 is 9.59 Å². The average molecular weight is 402 g/mol. The molecule has 1 saturated heterocycles. The minimum absolute atomic E-state index is 0.133. The van der Waals surface area contributed by atoms with E-state index < -0.39 is 0 Å². The molecule has 2 unspecified atom stereocenters. The molecule has 162 valence electrons. The molecule has 1 aromatic rings. The molecule has 0 saturated carbocycles. The van der Waals surface area contributed by atoms with Gasteiger partial charge in [-0.2, -0.15) is 0 Å². The first-order valence-corrected chi connectivity index (χ1v) is 11.4. The van der Waals surface area contributed by atoms with E-state index in [0.717, 1.165) is 83.1 Å². The molecule has 2 amide bonds. The van der Waals surface area contributed by atoms with Gasteiger partial charge in [-0.15, -0.1) is 0 Å². The van der Waals surface area contributed by atoms with E-state index in [1.54, 1.807) is 0 Å². The van der Waals surface area contributed by atoms with E-state index in [9.17, 15) is 9.59 Å². The number of hydrogen-bond acceptors (Lipinski definition) is 3. The van der Waals surface area contributed by atoms with Crippen molar-refractivity contribution in [2.24, 2.45) is 5.92 Å². The van der Waals surface area contributed by atoms with Gasteiger partial charge in [0.2, 0.25) is 12.3 Å². The van der Waals surface area contributed by atoms with E-state index in [2.05, 4.69) is 42.1 Å². The Bertz CT molecular complexity index is 626. The van der Waals surface area contributed by atoms with Crippen LogP contribution in [0.4, 0.5) is 5.69 Å². The Balaban J connectivity index is 1.89. The third-order valence-electron chi connectivity index (χ3n) is 6.18. The Kier molecular flexibility index (Phi) is 10.2. The molecule has 2 rings (SSSR count). The van der Waals surface area contributed by atoms with Crippen molar-refractivity contribution in [2.75, 3.05) is 32.0 Å². The van der Waals surface area contributed by atoms with E-state index in [4.69, 9.17) is 0 Å². The molecule has 2 atom stereocenters. The molecule has 0 spiro atoms. The third-order valence-corrected chi connectivity index (χ3v) is 6.18. The molecule has 0 bridgehead atoms. The molecule has 0 aliphatic carbocycles. The van der Waals surface area contributed by atoms with Crippen LogP contribution in [-0.2, 0) is 16.0 Å². The molecule has 1 fully saturated rings. The summed E-state index contributed by atoms with van der Waals surface area (Å²) in [4.78, 5) is 28.4. The molecular weight excluding hydrogens is 362 g/mol. The largest absolute Gasteiger partial charge is 0.342 e. The standard InChI is InChI=1S/C24H39N3O2/c1-4-6-16-27(17-7-5-2)24(29)21-13-15-22(26(3)18-21)14-12-20-10-8-9-11-23(20)25-19-28/h8-11,19,21-22H,4-7,12-18H2,1-3H3,(H,25,28). The molecule has 5 nitrogen and oxygen atoms in total. The van der Waals surface area contributed by atoms with Crippen molar-refractivity contribution in [1.82, 2.24) is 9.80 Å². The first kappa shape index (κ1) is 23.4. The number of rotatable bonds is 12. The lowest BCUT2D eigenvalue weighted by atomic mass is 9.89. The second-order valence-corrected chi connectivity index (χ2v) is 8.36. The van der Waals surface area contributed by atoms with Gasteiger partial charge in [0.15, 0.2) is 0 Å². The number of hydrogen-bond donors (Lipinski definition) is 1. The number of likely N-dealkylation sites (tertiary alicyclic amines) is 1. The van der Waals surface area contributed by atoms with Gasteiger partial charge in [-0.1, -0.05) is 44.9 Å². The number of carbonyl (C=O) groups is 2. The topological polar surface area (TPSA) is 52.7 Å². The van der Waals surface area contributed by atoms with Crippen LogP contribution in [0.25, 0.3) is 0 Å². The summed E-state index contributed by atoms with van der Waals surface area (Å²) in [6.45, 7) is 7.03. The van der Waals surface area contributed by atoms with Crippen LogP contribution < -0.4 is 5.32 Å². The van der Waals surface area contributed by atoms with E-state index in [1.807, 2.05) is 18.2 Å². The maximum atomic E-state index is 13.1. The first-order chi connectivity index (χ1) is 14.1. The minimum atomic E-state index is 0.133. The van der Waals surface area contributed by atoms with Crippen LogP contribution in [-0.4, -0.2) is 54.8 Å². The van der Waals surface area contributed by atoms with Crippen LogP contribution in [0.5, 0.6) is 0 Å². The van der Waals surface area contributed by atoms with E-state index in [1.165, 1.54) is 5.56 Å². The van der Waals surface area contributed by atoms with Crippen LogP contribution in [0.15, 0.2) is 24.3 Å². The number of para-hydroxylation sites is 1. The van der Waals surface area contributed by atoms with Gasteiger partial charge in [-0.05, 0) is 57.2 Å². The maximum Gasteiger partial charge on any atom is 0.226 e. The van der Waals surface area contributed by atoms with E-state index >= 15 is 0 Å². The Morgan fingerprint density at radius 1 is 1.17 bits per heavy atom. The fourth-order valence-electron chi connectivity index (χ4n) is 4.32. The highest BCUT2D eigenvalue weighted by atomic mass is 16.2. The fourth-order valence-corrected chi connectivity index (χ4v) is 4.32. The number of carbonyl (C=O) groups excluding carboxylic acids is 2. The van der Waals surface area contributed by atoms with Crippen molar-refractivity contribution in [3.8, 4) is 0 Å². The fraction of sp³-hybridized carbons (Fsp3) is 0.667. The van der Waals surface area contributed by atoms with Crippen molar-refractivity contribution in [3.63, 3.8) is 0 Å². The molecule has 1 aliphatic heterocycles. The van der Waals surface area contributed by atoms with Crippen molar-refractivity contribution in [3.05, 3.63) is 29.8 Å². The quantitative estimate of drug-likeness (QED) is 0.531. The highest BCUT2D eigenvalue weighted by molar-refractivity contribution is 5.79. The van der Waals surface area contributed by atoms with Gasteiger partial charge in [0.1, 0.15) is 0 Å². The van der Waals surface area contributed by atoms with E-state index in [0.29, 0.717) is 11.9 Å². The number of aryl methyl sites for hydroxylation is 1. The number of unbranched alkanes of at least 4 members (excludes halogenated alkanes) is 2. The molecule has 0 radical (unpaired) electrons. The molecule has 1 heterocycles. The Morgan fingerprint density at radius 2 is 1.86 bits per heavy atom. The highest BCUT2D eigenvalue weighted by Crippen LogP contribution is 2.27. The van der Waals surface area contributed by atoms with Crippen molar-refractivity contribution in [2.45, 2.75) is 71.3 Å². The maximum absolute atomic E-state index is 13.1. The zero-order valence-corrected chi connectivity index (χ0v) is 18.5. The van der Waals surface area contributed by atoms with Crippen LogP contribution in [0.2, 0.25) is 0 Å². The summed E-state index contributed by atoms with van der Waals surface area (Å²) >= 11 is 0. The van der Waals surface area contributed by atoms with E-state index in [-0.39, 0.29) is 5.92 Å². The molecular formula is C24H39N3O2. The number of piperidine rings is 1. The zero-order valence-electron chi connectivity index (χ0n) is 18.5. The second kappa shape index (κ2) is 12.6. The molecule has 5 heteroatoms. The van der Waals surface area contributed by atoms with Crippen LogP contribution in [0.1, 0.15) is 64.4 Å². The van der Waals surface area contributed by atoms with Gasteiger partial charge in [0.25, 0.3) is 0 Å². The number of benzene rings is 1. The highest BCUT2D eigenvalue weighted by Gasteiger charge is 2.32. The van der Waals surface area contributed by atoms with Gasteiger partial charge < -0.3 is 15.1 Å². The monoisotopic (exact) mass is 401 g/mol. The molecule has 1 N–H and O–H groups in total. The summed E-state index contributed by atoms with van der Waals surface area (Å²) in [5.41, 5.74) is 2.08.